The number of hydrogen-bond donors (Lipinski definition) is 1. The molecule has 5 rings (SSSR count). The molecule has 2 atom stereocenters. The molecule has 0 fully saturated rings. The van der Waals surface area contributed by atoms with Crippen LogP contribution in [-0.2, 0) is 4.79 Å². The average Bonchev–Trinajstić information content (AvgIpc) is 3.23. The van der Waals surface area contributed by atoms with E-state index >= 15 is 0 Å². The third-order valence-corrected chi connectivity index (χ3v) is 5.81. The van der Waals surface area contributed by atoms with Gasteiger partial charge in [-0.15, -0.1) is 0 Å². The summed E-state index contributed by atoms with van der Waals surface area (Å²) in [6, 6.07) is 15.4. The summed E-state index contributed by atoms with van der Waals surface area (Å²) < 4.78 is 8.35. The largest absolute Gasteiger partial charge is 0.459 e. The van der Waals surface area contributed by atoms with Crippen LogP contribution in [0.1, 0.15) is 35.6 Å². The molecule has 0 radical (unpaired) electrons. The summed E-state index contributed by atoms with van der Waals surface area (Å²) in [5, 5.41) is 0. The maximum atomic E-state index is 12.4. The summed E-state index contributed by atoms with van der Waals surface area (Å²) in [5.41, 5.74) is 10.9. The molecular formula is C24H21N5O2. The predicted molar refractivity (Wildman–Crippen MR) is 118 cm³/mol. The van der Waals surface area contributed by atoms with Gasteiger partial charge in [0.25, 0.3) is 0 Å². The van der Waals surface area contributed by atoms with E-state index in [0.717, 1.165) is 28.5 Å². The predicted octanol–water partition coefficient (Wildman–Crippen LogP) is 4.06. The molecule has 0 saturated heterocycles. The van der Waals surface area contributed by atoms with Gasteiger partial charge >= 0.3 is 0 Å². The van der Waals surface area contributed by atoms with Gasteiger partial charge in [-0.25, -0.2) is 15.0 Å². The number of anilines is 1. The topological polar surface area (TPSA) is 95.9 Å². The van der Waals surface area contributed by atoms with Crippen LogP contribution in [-0.4, -0.2) is 25.8 Å². The van der Waals surface area contributed by atoms with Crippen molar-refractivity contribution >= 4 is 28.8 Å². The second-order valence-corrected chi connectivity index (χ2v) is 7.61. The van der Waals surface area contributed by atoms with Crippen LogP contribution in [0.5, 0.6) is 5.75 Å². The summed E-state index contributed by atoms with van der Waals surface area (Å²) in [7, 11) is 0. The van der Waals surface area contributed by atoms with E-state index in [1.54, 1.807) is 6.33 Å². The van der Waals surface area contributed by atoms with Crippen molar-refractivity contribution in [3.8, 4) is 5.75 Å². The molecular weight excluding hydrogens is 390 g/mol. The van der Waals surface area contributed by atoms with E-state index in [4.69, 9.17) is 10.5 Å². The number of nitrogens with two attached hydrogens (primary N) is 1. The fraction of sp³-hybridized carbons (Fsp3) is 0.167. The van der Waals surface area contributed by atoms with Crippen LogP contribution in [0.3, 0.4) is 0 Å². The van der Waals surface area contributed by atoms with Crippen molar-refractivity contribution in [2.75, 3.05) is 5.73 Å². The Bertz CT molecular complexity index is 1340. The number of nitrogens with zero attached hydrogens (tertiary/aromatic N) is 4. The number of ether oxygens (including phenoxy) is 1. The zero-order chi connectivity index (χ0) is 21.5. The number of aldehydes is 1. The van der Waals surface area contributed by atoms with Crippen molar-refractivity contribution < 1.29 is 9.53 Å². The van der Waals surface area contributed by atoms with Gasteiger partial charge in [-0.05, 0) is 31.0 Å². The van der Waals surface area contributed by atoms with Crippen LogP contribution in [0.15, 0.2) is 66.9 Å². The van der Waals surface area contributed by atoms with Crippen molar-refractivity contribution in [2.45, 2.75) is 25.8 Å². The van der Waals surface area contributed by atoms with E-state index in [0.29, 0.717) is 28.5 Å². The van der Waals surface area contributed by atoms with E-state index in [1.807, 2.05) is 66.9 Å². The quantitative estimate of drug-likeness (QED) is 0.509. The lowest BCUT2D eigenvalue weighted by atomic mass is 9.82. The van der Waals surface area contributed by atoms with Gasteiger partial charge in [0.15, 0.2) is 11.5 Å². The highest BCUT2D eigenvalue weighted by Gasteiger charge is 2.34. The van der Waals surface area contributed by atoms with Crippen molar-refractivity contribution in [3.05, 3.63) is 83.6 Å². The number of aromatic nitrogens is 4. The smallest absolute Gasteiger partial charge is 0.166 e. The zero-order valence-corrected chi connectivity index (χ0v) is 17.2. The maximum absolute atomic E-state index is 12.4. The first kappa shape index (κ1) is 19.0. The van der Waals surface area contributed by atoms with Crippen LogP contribution < -0.4 is 10.5 Å². The molecule has 31 heavy (non-hydrogen) atoms. The molecule has 0 spiro atoms. The molecule has 3 heterocycles. The first-order chi connectivity index (χ1) is 15.1. The molecule has 7 nitrogen and oxygen atoms in total. The number of aryl methyl sites for hydroxylation is 1. The van der Waals surface area contributed by atoms with Gasteiger partial charge in [-0.3, -0.25) is 0 Å². The van der Waals surface area contributed by atoms with E-state index in [9.17, 15) is 4.79 Å². The van der Waals surface area contributed by atoms with Gasteiger partial charge in [0.05, 0.1) is 18.3 Å². The molecule has 2 unspecified atom stereocenters. The molecule has 2 N–H and O–H groups in total. The third-order valence-electron chi connectivity index (χ3n) is 5.81. The Kier molecular flexibility index (Phi) is 4.51. The molecule has 4 aromatic rings. The molecule has 1 aliphatic heterocycles. The number of rotatable bonds is 4. The van der Waals surface area contributed by atoms with Gasteiger partial charge < -0.3 is 19.8 Å². The lowest BCUT2D eigenvalue weighted by molar-refractivity contribution is -0.108. The SMILES string of the molecule is Cc1ccccc1C1=C(C(C)n2cnc3c(N)ncnc32)Oc2ccccc2C1C=O. The number of hydrogen-bond acceptors (Lipinski definition) is 6. The molecule has 7 heteroatoms. The fourth-order valence-corrected chi connectivity index (χ4v) is 4.22. The van der Waals surface area contributed by atoms with Crippen molar-refractivity contribution in [2.24, 2.45) is 0 Å². The lowest BCUT2D eigenvalue weighted by Gasteiger charge is -2.32. The molecule has 2 aromatic heterocycles. The number of imidazole rings is 1. The number of benzene rings is 2. The highest BCUT2D eigenvalue weighted by molar-refractivity contribution is 5.91. The van der Waals surface area contributed by atoms with Gasteiger partial charge in [0, 0.05) is 11.1 Å². The normalized spacial score (nSPS) is 16.6. The lowest BCUT2D eigenvalue weighted by Crippen LogP contribution is -2.22. The molecule has 0 saturated carbocycles. The molecule has 0 bridgehead atoms. The van der Waals surface area contributed by atoms with Gasteiger partial charge in [-0.1, -0.05) is 42.5 Å². The monoisotopic (exact) mass is 411 g/mol. The summed E-state index contributed by atoms with van der Waals surface area (Å²) in [6.45, 7) is 4.04. The summed E-state index contributed by atoms with van der Waals surface area (Å²) >= 11 is 0. The van der Waals surface area contributed by atoms with Gasteiger partial charge in [0.2, 0.25) is 0 Å². The van der Waals surface area contributed by atoms with E-state index in [2.05, 4.69) is 15.0 Å². The highest BCUT2D eigenvalue weighted by atomic mass is 16.5. The number of carbonyl (C=O) groups excluding carboxylic acids is 1. The number of fused-ring (bicyclic) bond motifs is 2. The van der Waals surface area contributed by atoms with Crippen molar-refractivity contribution in [1.29, 1.82) is 0 Å². The van der Waals surface area contributed by atoms with Crippen LogP contribution >= 0.6 is 0 Å². The Morgan fingerprint density at radius 3 is 2.68 bits per heavy atom. The second-order valence-electron chi connectivity index (χ2n) is 7.61. The number of allylic oxidation sites excluding steroid dienone is 2. The van der Waals surface area contributed by atoms with E-state index < -0.39 is 5.92 Å². The minimum absolute atomic E-state index is 0.287. The van der Waals surface area contributed by atoms with Gasteiger partial charge in [-0.2, -0.15) is 0 Å². The van der Waals surface area contributed by atoms with Crippen molar-refractivity contribution in [1.82, 2.24) is 19.5 Å². The Hall–Kier alpha value is -4.00. The van der Waals surface area contributed by atoms with Crippen LogP contribution in [0, 0.1) is 6.92 Å². The van der Waals surface area contributed by atoms with Crippen LogP contribution in [0.2, 0.25) is 0 Å². The average molecular weight is 411 g/mol. The van der Waals surface area contributed by atoms with E-state index in [-0.39, 0.29) is 6.04 Å². The third kappa shape index (κ3) is 2.97. The summed E-state index contributed by atoms with van der Waals surface area (Å²) in [5.74, 6) is 1.24. The number of para-hydroxylation sites is 1. The first-order valence-electron chi connectivity index (χ1n) is 10.0. The Labute approximate surface area is 179 Å². The van der Waals surface area contributed by atoms with Gasteiger partial charge in [0.1, 0.15) is 29.6 Å². The molecule has 1 aliphatic rings. The number of carbonyl (C=O) groups is 1. The Morgan fingerprint density at radius 1 is 1.10 bits per heavy atom. The van der Waals surface area contributed by atoms with Crippen LogP contribution in [0.4, 0.5) is 5.82 Å². The second kappa shape index (κ2) is 7.36. The van der Waals surface area contributed by atoms with Crippen molar-refractivity contribution in [3.63, 3.8) is 0 Å². The molecule has 0 amide bonds. The first-order valence-corrected chi connectivity index (χ1v) is 10.0. The van der Waals surface area contributed by atoms with Crippen LogP contribution in [0.25, 0.3) is 16.7 Å². The molecule has 154 valence electrons. The highest BCUT2D eigenvalue weighted by Crippen LogP contribution is 2.46. The molecule has 0 aliphatic carbocycles. The Morgan fingerprint density at radius 2 is 1.87 bits per heavy atom. The number of nitrogen functional groups attached to an aromatic ring is 1. The molecule has 2 aromatic carbocycles. The minimum atomic E-state index is -0.446. The summed E-state index contributed by atoms with van der Waals surface area (Å²) in [4.78, 5) is 25.2. The zero-order valence-electron chi connectivity index (χ0n) is 17.2. The fourth-order valence-electron chi connectivity index (χ4n) is 4.22. The van der Waals surface area contributed by atoms with E-state index in [1.165, 1.54) is 6.33 Å². The summed E-state index contributed by atoms with van der Waals surface area (Å²) in [6.07, 6.45) is 4.09. The maximum Gasteiger partial charge on any atom is 0.166 e. The Balaban J connectivity index is 1.76. The minimum Gasteiger partial charge on any atom is -0.459 e. The standard InChI is InChI=1S/C24H21N5O2/c1-14-7-3-4-8-16(14)20-18(11-30)17-9-5-6-10-19(17)31-22(20)15(2)29-13-28-21-23(25)26-12-27-24(21)29/h3-13,15,18H,1-2H3,(H2,25,26,27).